The number of rotatable bonds is 9. The fourth-order valence-electron chi connectivity index (χ4n) is 4.03. The second-order valence-electron chi connectivity index (χ2n) is 8.39. The highest BCUT2D eigenvalue weighted by Gasteiger charge is 2.30. The van der Waals surface area contributed by atoms with Crippen LogP contribution in [0.5, 0.6) is 0 Å². The van der Waals surface area contributed by atoms with Crippen LogP contribution in [0.2, 0.25) is 0 Å². The molecule has 2 atom stereocenters. The molecule has 172 valence electrons. The zero-order valence-corrected chi connectivity index (χ0v) is 18.7. The maximum Gasteiger partial charge on any atom is 0.407 e. The summed E-state index contributed by atoms with van der Waals surface area (Å²) in [7, 11) is 0. The van der Waals surface area contributed by atoms with Gasteiger partial charge in [-0.05, 0) is 28.2 Å². The number of ether oxygens (including phenoxy) is 1. The third kappa shape index (κ3) is 5.72. The average Bonchev–Trinajstić information content (AvgIpc) is 3.10. The summed E-state index contributed by atoms with van der Waals surface area (Å²) in [6.07, 6.45) is 4.35. The quantitative estimate of drug-likeness (QED) is 0.509. The summed E-state index contributed by atoms with van der Waals surface area (Å²) in [6.45, 7) is 3.73. The van der Waals surface area contributed by atoms with Gasteiger partial charge in [0.1, 0.15) is 12.6 Å². The minimum absolute atomic E-state index is 0.0477. The topological polar surface area (TPSA) is 105 Å². The first-order chi connectivity index (χ1) is 15.8. The highest BCUT2D eigenvalue weighted by Crippen LogP contribution is 2.44. The highest BCUT2D eigenvalue weighted by atomic mass is 16.5. The number of alkyl carbamates (subject to hydrolysis) is 1. The number of carboxylic acid groups (broad SMARTS) is 1. The van der Waals surface area contributed by atoms with Crippen molar-refractivity contribution in [3.05, 3.63) is 59.7 Å². The van der Waals surface area contributed by atoms with E-state index < -0.39 is 30.1 Å². The van der Waals surface area contributed by atoms with E-state index in [1.807, 2.05) is 62.4 Å². The molecule has 0 saturated carbocycles. The molecule has 0 radical (unpaired) electrons. The second-order valence-corrected chi connectivity index (χ2v) is 8.39. The van der Waals surface area contributed by atoms with Crippen LogP contribution in [0.3, 0.4) is 0 Å². The van der Waals surface area contributed by atoms with E-state index in [-0.39, 0.29) is 31.3 Å². The molecule has 0 heterocycles. The van der Waals surface area contributed by atoms with Gasteiger partial charge < -0.3 is 20.5 Å². The molecule has 2 aromatic carbocycles. The summed E-state index contributed by atoms with van der Waals surface area (Å²) < 4.78 is 5.49. The van der Waals surface area contributed by atoms with Crippen LogP contribution >= 0.6 is 0 Å². The molecule has 0 saturated heterocycles. The number of benzene rings is 2. The van der Waals surface area contributed by atoms with E-state index in [1.54, 1.807) is 0 Å². The van der Waals surface area contributed by atoms with Gasteiger partial charge in [0.2, 0.25) is 5.91 Å². The van der Waals surface area contributed by atoms with Crippen molar-refractivity contribution < 1.29 is 24.2 Å². The molecule has 33 heavy (non-hydrogen) atoms. The number of hydrogen-bond acceptors (Lipinski definition) is 4. The Labute approximate surface area is 193 Å². The van der Waals surface area contributed by atoms with Crippen LogP contribution in [0.4, 0.5) is 4.79 Å². The molecule has 0 spiro atoms. The number of nitrogens with one attached hydrogen (secondary N) is 2. The van der Waals surface area contributed by atoms with Gasteiger partial charge in [0.15, 0.2) is 0 Å². The van der Waals surface area contributed by atoms with Crippen LogP contribution in [-0.2, 0) is 14.3 Å². The summed E-state index contributed by atoms with van der Waals surface area (Å²) in [4.78, 5) is 36.3. The standard InChI is InChI=1S/C26H28N2O5/c1-4-9-22(25(31)27-23(16(2)3)14-24(29)30)28-26(32)33-15-21-19-12-7-5-10-17(19)18-11-6-8-13-20(18)21/h1,5-8,10-13,16,21-23H,9,14-15H2,2-3H3,(H,27,31)(H,28,32)(H,29,30)/t22?,23-/m1/s1. The lowest BCUT2D eigenvalue weighted by atomic mass is 9.98. The molecule has 2 amide bonds. The number of carbonyl (C=O) groups excluding carboxylic acids is 2. The lowest BCUT2D eigenvalue weighted by molar-refractivity contribution is -0.138. The molecule has 7 nitrogen and oxygen atoms in total. The first kappa shape index (κ1) is 23.9. The molecule has 2 aromatic rings. The van der Waals surface area contributed by atoms with Crippen LogP contribution < -0.4 is 10.6 Å². The Morgan fingerprint density at radius 3 is 2.12 bits per heavy atom. The van der Waals surface area contributed by atoms with E-state index >= 15 is 0 Å². The molecule has 3 rings (SSSR count). The van der Waals surface area contributed by atoms with Crippen molar-refractivity contribution in [3.8, 4) is 23.5 Å². The first-order valence-corrected chi connectivity index (χ1v) is 10.9. The molecule has 3 N–H and O–H groups in total. The van der Waals surface area contributed by atoms with Gasteiger partial charge in [-0.15, -0.1) is 12.3 Å². The fraction of sp³-hybridized carbons (Fsp3) is 0.346. The van der Waals surface area contributed by atoms with Crippen LogP contribution in [-0.4, -0.2) is 41.8 Å². The summed E-state index contributed by atoms with van der Waals surface area (Å²) in [6, 6.07) is 14.4. The predicted octanol–water partition coefficient (Wildman–Crippen LogP) is 3.53. The minimum atomic E-state index is -1.03. The molecule has 1 aliphatic carbocycles. The van der Waals surface area contributed by atoms with E-state index in [4.69, 9.17) is 16.3 Å². The van der Waals surface area contributed by atoms with Gasteiger partial charge in [-0.2, -0.15) is 0 Å². The Bertz CT molecular complexity index is 1030. The number of carbonyl (C=O) groups is 3. The molecule has 1 unspecified atom stereocenters. The van der Waals surface area contributed by atoms with Crippen molar-refractivity contribution in [1.82, 2.24) is 10.6 Å². The monoisotopic (exact) mass is 448 g/mol. The normalized spacial score (nSPS) is 13.9. The van der Waals surface area contributed by atoms with Crippen molar-refractivity contribution in [2.45, 2.75) is 44.7 Å². The van der Waals surface area contributed by atoms with E-state index in [9.17, 15) is 14.4 Å². The first-order valence-electron chi connectivity index (χ1n) is 10.9. The van der Waals surface area contributed by atoms with Crippen LogP contribution in [0, 0.1) is 18.3 Å². The average molecular weight is 449 g/mol. The SMILES string of the molecule is C#CCC(NC(=O)OCC1c2ccccc2-c2ccccc21)C(=O)N[C@H](CC(=O)O)C(C)C. The summed E-state index contributed by atoms with van der Waals surface area (Å²) in [5, 5.41) is 14.3. The van der Waals surface area contributed by atoms with Crippen LogP contribution in [0.1, 0.15) is 43.7 Å². The Morgan fingerprint density at radius 1 is 1.03 bits per heavy atom. The van der Waals surface area contributed by atoms with Crippen LogP contribution in [0.15, 0.2) is 48.5 Å². The second kappa shape index (κ2) is 10.7. The predicted molar refractivity (Wildman–Crippen MR) is 124 cm³/mol. The Morgan fingerprint density at radius 2 is 1.61 bits per heavy atom. The van der Waals surface area contributed by atoms with Gasteiger partial charge in [-0.3, -0.25) is 9.59 Å². The Hall–Kier alpha value is -3.79. The van der Waals surface area contributed by atoms with Gasteiger partial charge in [-0.1, -0.05) is 62.4 Å². The van der Waals surface area contributed by atoms with Crippen molar-refractivity contribution in [3.63, 3.8) is 0 Å². The van der Waals surface area contributed by atoms with Gasteiger partial charge in [0.05, 0.1) is 6.42 Å². The lowest BCUT2D eigenvalue weighted by Gasteiger charge is -2.24. The van der Waals surface area contributed by atoms with Crippen molar-refractivity contribution >= 4 is 18.0 Å². The third-order valence-electron chi connectivity index (χ3n) is 5.80. The summed E-state index contributed by atoms with van der Waals surface area (Å²) >= 11 is 0. The third-order valence-corrected chi connectivity index (χ3v) is 5.80. The highest BCUT2D eigenvalue weighted by molar-refractivity contribution is 5.86. The summed E-state index contributed by atoms with van der Waals surface area (Å²) in [5.41, 5.74) is 4.39. The zero-order chi connectivity index (χ0) is 24.0. The van der Waals surface area contributed by atoms with E-state index in [1.165, 1.54) is 0 Å². The maximum atomic E-state index is 12.7. The van der Waals surface area contributed by atoms with Gasteiger partial charge in [0.25, 0.3) is 0 Å². The fourth-order valence-corrected chi connectivity index (χ4v) is 4.03. The largest absolute Gasteiger partial charge is 0.481 e. The van der Waals surface area contributed by atoms with Crippen molar-refractivity contribution in [2.75, 3.05) is 6.61 Å². The van der Waals surface area contributed by atoms with E-state index in [0.717, 1.165) is 22.3 Å². The number of aliphatic carboxylic acids is 1. The molecule has 0 aromatic heterocycles. The van der Waals surface area contributed by atoms with E-state index in [2.05, 4.69) is 16.6 Å². The van der Waals surface area contributed by atoms with Crippen molar-refractivity contribution in [2.24, 2.45) is 5.92 Å². The number of carboxylic acids is 1. The number of amides is 2. The van der Waals surface area contributed by atoms with E-state index in [0.29, 0.717) is 0 Å². The Kier molecular flexibility index (Phi) is 7.73. The summed E-state index contributed by atoms with van der Waals surface area (Å²) in [5.74, 6) is 0.598. The van der Waals surface area contributed by atoms with Crippen LogP contribution in [0.25, 0.3) is 11.1 Å². The molecule has 0 bridgehead atoms. The molecular formula is C26H28N2O5. The van der Waals surface area contributed by atoms with Crippen molar-refractivity contribution in [1.29, 1.82) is 0 Å². The number of terminal acetylenes is 1. The number of fused-ring (bicyclic) bond motifs is 3. The lowest BCUT2D eigenvalue weighted by Crippen LogP contribution is -2.51. The molecule has 7 heteroatoms. The minimum Gasteiger partial charge on any atom is -0.481 e. The smallest absolute Gasteiger partial charge is 0.407 e. The Balaban J connectivity index is 1.64. The number of hydrogen-bond donors (Lipinski definition) is 3. The molecule has 1 aliphatic rings. The maximum absolute atomic E-state index is 12.7. The van der Waals surface area contributed by atoms with Gasteiger partial charge >= 0.3 is 12.1 Å². The molecule has 0 aliphatic heterocycles. The van der Waals surface area contributed by atoms with Gasteiger partial charge in [0, 0.05) is 18.4 Å². The molecule has 0 fully saturated rings. The zero-order valence-electron chi connectivity index (χ0n) is 18.7. The molecular weight excluding hydrogens is 420 g/mol. The van der Waals surface area contributed by atoms with Gasteiger partial charge in [-0.25, -0.2) is 4.79 Å².